The number of aliphatic hydroxyl groups is 1. The van der Waals surface area contributed by atoms with Crippen molar-refractivity contribution in [2.24, 2.45) is 0 Å². The second kappa shape index (κ2) is 15.9. The zero-order valence-electron chi connectivity index (χ0n) is 14.7. The van der Waals surface area contributed by atoms with Crippen molar-refractivity contribution in [1.29, 1.82) is 0 Å². The average molecular weight is 493 g/mol. The van der Waals surface area contributed by atoms with Crippen molar-refractivity contribution in [2.45, 2.75) is 105 Å². The Hall–Kier alpha value is 0.680. The minimum atomic E-state index is -0.704. The summed E-state index contributed by atoms with van der Waals surface area (Å²) in [5, 5.41) is 18.5. The van der Waals surface area contributed by atoms with Crippen LogP contribution in [-0.2, 0) is 4.79 Å². The minimum Gasteiger partial charge on any atom is -0.481 e. The lowest BCUT2D eigenvalue weighted by Gasteiger charge is -2.23. The molecule has 0 spiro atoms. The molecule has 0 aromatic heterocycles. The molecule has 0 heterocycles. The number of unbranched alkanes of at least 4 members (excludes halogenated alkanes) is 6. The molecule has 0 saturated heterocycles. The van der Waals surface area contributed by atoms with Gasteiger partial charge in [-0.05, 0) is 25.7 Å². The zero-order chi connectivity index (χ0) is 18.4. The summed E-state index contributed by atoms with van der Waals surface area (Å²) in [6.07, 6.45) is 10.9. The number of rotatable bonds is 16. The molecule has 3 nitrogen and oxygen atoms in total. The third kappa shape index (κ3) is 13.9. The van der Waals surface area contributed by atoms with Gasteiger partial charge in [-0.1, -0.05) is 83.7 Å². The second-order valence-corrected chi connectivity index (χ2v) is 9.46. The third-order valence-electron chi connectivity index (χ3n) is 4.23. The quantitative estimate of drug-likeness (QED) is 0.197. The van der Waals surface area contributed by atoms with Crippen LogP contribution in [0.4, 0.5) is 0 Å². The summed E-state index contributed by atoms with van der Waals surface area (Å²) in [6, 6.07) is 0. The first kappa shape index (κ1) is 24.7. The predicted molar refractivity (Wildman–Crippen MR) is 110 cm³/mol. The standard InChI is InChI=1S/C18H33Br2ClO3/c1-2-3-7-11-17(22)16(21)13-15(20)14(19)10-8-5-4-6-9-12-18(23)24/h14-17,22H,2-13H2,1H3,(H,23,24). The molecular weight excluding hydrogens is 459 g/mol. The van der Waals surface area contributed by atoms with Gasteiger partial charge in [0.05, 0.1) is 11.5 Å². The number of hydrogen-bond acceptors (Lipinski definition) is 2. The number of aliphatic hydroxyl groups excluding tert-OH is 1. The van der Waals surface area contributed by atoms with Gasteiger partial charge in [-0.15, -0.1) is 11.6 Å². The van der Waals surface area contributed by atoms with Crippen LogP contribution in [0.2, 0.25) is 0 Å². The Morgan fingerprint density at radius 2 is 1.54 bits per heavy atom. The number of halogens is 3. The fourth-order valence-electron chi connectivity index (χ4n) is 2.63. The monoisotopic (exact) mass is 490 g/mol. The van der Waals surface area contributed by atoms with Gasteiger partial charge in [-0.2, -0.15) is 0 Å². The molecule has 0 aliphatic carbocycles. The van der Waals surface area contributed by atoms with Crippen LogP contribution in [0.1, 0.15) is 84.0 Å². The van der Waals surface area contributed by atoms with Crippen molar-refractivity contribution in [3.63, 3.8) is 0 Å². The van der Waals surface area contributed by atoms with Crippen LogP contribution in [-0.4, -0.2) is 37.3 Å². The van der Waals surface area contributed by atoms with Crippen molar-refractivity contribution < 1.29 is 15.0 Å². The SMILES string of the molecule is CCCCCC(O)C(Cl)CC(Br)C(Br)CCCCCCCC(=O)O. The van der Waals surface area contributed by atoms with E-state index in [1.54, 1.807) is 0 Å². The molecule has 0 aliphatic heterocycles. The maximum Gasteiger partial charge on any atom is 0.303 e. The highest BCUT2D eigenvalue weighted by molar-refractivity contribution is 9.12. The summed E-state index contributed by atoms with van der Waals surface area (Å²) in [5.41, 5.74) is 0. The third-order valence-corrected chi connectivity index (χ3v) is 7.52. The largest absolute Gasteiger partial charge is 0.481 e. The van der Waals surface area contributed by atoms with E-state index in [1.165, 1.54) is 0 Å². The first-order valence-corrected chi connectivity index (χ1v) is 11.5. The van der Waals surface area contributed by atoms with E-state index in [0.29, 0.717) is 4.83 Å². The molecule has 0 aliphatic rings. The highest BCUT2D eigenvalue weighted by Gasteiger charge is 2.23. The van der Waals surface area contributed by atoms with Crippen LogP contribution in [0.25, 0.3) is 0 Å². The molecule has 0 radical (unpaired) electrons. The molecule has 0 saturated carbocycles. The van der Waals surface area contributed by atoms with Gasteiger partial charge < -0.3 is 10.2 Å². The molecule has 144 valence electrons. The molecule has 6 heteroatoms. The van der Waals surface area contributed by atoms with E-state index < -0.39 is 12.1 Å². The van der Waals surface area contributed by atoms with Gasteiger partial charge >= 0.3 is 5.97 Å². The molecule has 4 atom stereocenters. The van der Waals surface area contributed by atoms with E-state index >= 15 is 0 Å². The smallest absolute Gasteiger partial charge is 0.303 e. The highest BCUT2D eigenvalue weighted by Crippen LogP contribution is 2.28. The van der Waals surface area contributed by atoms with E-state index in [0.717, 1.165) is 70.6 Å². The number of carboxylic acids is 1. The van der Waals surface area contributed by atoms with Gasteiger partial charge in [0.15, 0.2) is 0 Å². The van der Waals surface area contributed by atoms with Crippen LogP contribution < -0.4 is 0 Å². The Morgan fingerprint density at radius 1 is 0.958 bits per heavy atom. The average Bonchev–Trinajstić information content (AvgIpc) is 2.53. The van der Waals surface area contributed by atoms with E-state index in [9.17, 15) is 9.90 Å². The lowest BCUT2D eigenvalue weighted by Crippen LogP contribution is -2.27. The highest BCUT2D eigenvalue weighted by atomic mass is 79.9. The van der Waals surface area contributed by atoms with Crippen LogP contribution in [0.3, 0.4) is 0 Å². The molecule has 0 amide bonds. The molecule has 0 rings (SSSR count). The summed E-state index contributed by atoms with van der Waals surface area (Å²) < 4.78 is 0. The Morgan fingerprint density at radius 3 is 2.17 bits per heavy atom. The summed E-state index contributed by atoms with van der Waals surface area (Å²) in [5.74, 6) is -0.704. The number of carbonyl (C=O) groups is 1. The van der Waals surface area contributed by atoms with Crippen LogP contribution in [0.5, 0.6) is 0 Å². The van der Waals surface area contributed by atoms with Gasteiger partial charge in [0.2, 0.25) is 0 Å². The van der Waals surface area contributed by atoms with E-state index in [1.807, 2.05) is 0 Å². The van der Waals surface area contributed by atoms with E-state index in [2.05, 4.69) is 38.8 Å². The predicted octanol–water partition coefficient (Wildman–Crippen LogP) is 6.27. The Bertz CT molecular complexity index is 319. The molecule has 4 unspecified atom stereocenters. The van der Waals surface area contributed by atoms with Crippen LogP contribution in [0, 0.1) is 0 Å². The summed E-state index contributed by atoms with van der Waals surface area (Å²) in [6.45, 7) is 2.15. The maximum absolute atomic E-state index is 10.4. The second-order valence-electron chi connectivity index (χ2n) is 6.55. The van der Waals surface area contributed by atoms with Crippen molar-refractivity contribution in [3.8, 4) is 0 Å². The van der Waals surface area contributed by atoms with Crippen molar-refractivity contribution in [1.82, 2.24) is 0 Å². The first-order valence-electron chi connectivity index (χ1n) is 9.20. The van der Waals surface area contributed by atoms with Gasteiger partial charge in [0, 0.05) is 16.1 Å². The fourth-order valence-corrected chi connectivity index (χ4v) is 4.37. The zero-order valence-corrected chi connectivity index (χ0v) is 18.7. The van der Waals surface area contributed by atoms with Gasteiger partial charge in [0.1, 0.15) is 0 Å². The van der Waals surface area contributed by atoms with Gasteiger partial charge in [0.25, 0.3) is 0 Å². The van der Waals surface area contributed by atoms with Crippen LogP contribution >= 0.6 is 43.5 Å². The maximum atomic E-state index is 10.4. The lowest BCUT2D eigenvalue weighted by atomic mass is 10.0. The van der Waals surface area contributed by atoms with Crippen LogP contribution in [0.15, 0.2) is 0 Å². The van der Waals surface area contributed by atoms with Crippen molar-refractivity contribution >= 4 is 49.4 Å². The molecule has 0 aromatic rings. The first-order chi connectivity index (χ1) is 11.4. The number of hydrogen-bond donors (Lipinski definition) is 2. The topological polar surface area (TPSA) is 57.5 Å². The minimum absolute atomic E-state index is 0.206. The van der Waals surface area contributed by atoms with E-state index in [-0.39, 0.29) is 16.6 Å². The van der Waals surface area contributed by atoms with E-state index in [4.69, 9.17) is 16.7 Å². The van der Waals surface area contributed by atoms with Gasteiger partial charge in [-0.25, -0.2) is 0 Å². The normalized spacial score (nSPS) is 16.5. The molecule has 0 aromatic carbocycles. The lowest BCUT2D eigenvalue weighted by molar-refractivity contribution is -0.137. The Balaban J connectivity index is 3.74. The fraction of sp³-hybridized carbons (Fsp3) is 0.944. The molecule has 2 N–H and O–H groups in total. The summed E-state index contributed by atoms with van der Waals surface area (Å²) in [4.78, 5) is 11.0. The molecule has 0 fully saturated rings. The molecule has 0 bridgehead atoms. The van der Waals surface area contributed by atoms with Crippen molar-refractivity contribution in [2.75, 3.05) is 0 Å². The number of aliphatic carboxylic acids is 1. The Kier molecular flexibility index (Phi) is 16.3. The van der Waals surface area contributed by atoms with Crippen molar-refractivity contribution in [3.05, 3.63) is 0 Å². The van der Waals surface area contributed by atoms with Gasteiger partial charge in [-0.3, -0.25) is 4.79 Å². The molecular formula is C18H33Br2ClO3. The molecule has 24 heavy (non-hydrogen) atoms. The number of carboxylic acid groups (broad SMARTS) is 1. The summed E-state index contributed by atoms with van der Waals surface area (Å²) in [7, 11) is 0. The number of alkyl halides is 3. The Labute approximate surface area is 169 Å². The summed E-state index contributed by atoms with van der Waals surface area (Å²) >= 11 is 13.8.